The number of amides is 2. The van der Waals surface area contributed by atoms with Gasteiger partial charge in [-0.3, -0.25) is 0 Å². The van der Waals surface area contributed by atoms with Gasteiger partial charge in [0.2, 0.25) is 0 Å². The van der Waals surface area contributed by atoms with Crippen LogP contribution in [0.5, 0.6) is 0 Å². The molecule has 2 amide bonds. The average molecular weight is 483 g/mol. The molecule has 0 radical (unpaired) electrons. The van der Waals surface area contributed by atoms with Crippen LogP contribution in [-0.4, -0.2) is 15.8 Å². The fourth-order valence-electron chi connectivity index (χ4n) is 2.52. The summed E-state index contributed by atoms with van der Waals surface area (Å²) in [4.78, 5) is 12.1. The quantitative estimate of drug-likeness (QED) is 0.400. The summed E-state index contributed by atoms with van der Waals surface area (Å²) < 4.78 is 78.0. The first-order valence-electron chi connectivity index (χ1n) is 8.22. The highest BCUT2D eigenvalue weighted by molar-refractivity contribution is 6.35. The molecule has 0 bridgehead atoms. The predicted octanol–water partition coefficient (Wildman–Crippen LogP) is 6.86. The van der Waals surface area contributed by atoms with Crippen LogP contribution in [0.4, 0.5) is 42.5 Å². The second kappa shape index (κ2) is 8.31. The Morgan fingerprint density at radius 3 is 1.87 bits per heavy atom. The highest BCUT2D eigenvalue weighted by Crippen LogP contribution is 2.36. The number of nitrogens with zero attached hydrogens (tertiary/aromatic N) is 2. The fraction of sp³-hybridized carbons (Fsp3) is 0.111. The predicted molar refractivity (Wildman–Crippen MR) is 103 cm³/mol. The summed E-state index contributed by atoms with van der Waals surface area (Å²) in [6.07, 6.45) is -10.1. The van der Waals surface area contributed by atoms with Crippen LogP contribution < -0.4 is 10.6 Å². The average Bonchev–Trinajstić information content (AvgIpc) is 3.07. The maximum Gasteiger partial charge on any atom is 0.435 e. The van der Waals surface area contributed by atoms with Gasteiger partial charge >= 0.3 is 18.4 Å². The number of rotatable bonds is 3. The van der Waals surface area contributed by atoms with Gasteiger partial charge < -0.3 is 10.6 Å². The zero-order chi connectivity index (χ0) is 23.0. The summed E-state index contributed by atoms with van der Waals surface area (Å²) in [6, 6.07) is 8.11. The molecule has 1 heterocycles. The number of alkyl halides is 6. The molecule has 31 heavy (non-hydrogen) atoms. The van der Waals surface area contributed by atoms with Crippen molar-refractivity contribution in [3.8, 4) is 5.69 Å². The van der Waals surface area contributed by atoms with Gasteiger partial charge in [-0.05, 0) is 42.5 Å². The van der Waals surface area contributed by atoms with E-state index in [0.717, 1.165) is 12.1 Å². The third-order valence-corrected chi connectivity index (χ3v) is 4.22. The summed E-state index contributed by atoms with van der Waals surface area (Å²) in [5, 5.41) is 8.46. The lowest BCUT2D eigenvalue weighted by Gasteiger charge is -2.12. The highest BCUT2D eigenvalue weighted by Gasteiger charge is 2.42. The monoisotopic (exact) mass is 482 g/mol. The van der Waals surface area contributed by atoms with Crippen molar-refractivity contribution in [2.45, 2.75) is 12.4 Å². The molecule has 0 aliphatic carbocycles. The maximum absolute atomic E-state index is 13.1. The van der Waals surface area contributed by atoms with Gasteiger partial charge in [0.15, 0.2) is 5.69 Å². The number of nitrogens with one attached hydrogen (secondary N) is 2. The Kier molecular flexibility index (Phi) is 6.10. The van der Waals surface area contributed by atoms with Crippen molar-refractivity contribution < 1.29 is 31.1 Å². The third kappa shape index (κ3) is 5.61. The number of anilines is 2. The van der Waals surface area contributed by atoms with Gasteiger partial charge in [-0.15, -0.1) is 0 Å². The number of urea groups is 1. The lowest BCUT2D eigenvalue weighted by molar-refractivity contribution is -0.143. The van der Waals surface area contributed by atoms with E-state index in [2.05, 4.69) is 15.7 Å². The summed E-state index contributed by atoms with van der Waals surface area (Å²) in [7, 11) is 0. The van der Waals surface area contributed by atoms with E-state index in [0.29, 0.717) is 0 Å². The van der Waals surface area contributed by atoms with E-state index in [1.54, 1.807) is 0 Å². The van der Waals surface area contributed by atoms with Crippen LogP contribution >= 0.6 is 23.2 Å². The van der Waals surface area contributed by atoms with Crippen LogP contribution in [0.3, 0.4) is 0 Å². The Morgan fingerprint density at radius 2 is 1.35 bits per heavy atom. The Balaban J connectivity index is 1.80. The van der Waals surface area contributed by atoms with Gasteiger partial charge in [0.1, 0.15) is 5.69 Å². The summed E-state index contributed by atoms with van der Waals surface area (Å²) in [5.74, 6) is 0. The Hall–Kier alpha value is -2.92. The number of aromatic nitrogens is 2. The highest BCUT2D eigenvalue weighted by atomic mass is 35.5. The summed E-state index contributed by atoms with van der Waals surface area (Å²) in [6.45, 7) is 0. The van der Waals surface area contributed by atoms with Crippen LogP contribution in [0.2, 0.25) is 10.0 Å². The largest absolute Gasteiger partial charge is 0.435 e. The third-order valence-electron chi connectivity index (χ3n) is 3.78. The second-order valence-electron chi connectivity index (χ2n) is 6.11. The summed E-state index contributed by atoms with van der Waals surface area (Å²) in [5.41, 5.74) is -3.10. The molecule has 0 fully saturated rings. The Bertz CT molecular complexity index is 1090. The Labute approximate surface area is 180 Å². The van der Waals surface area contributed by atoms with Gasteiger partial charge in [-0.25, -0.2) is 9.48 Å². The number of carbonyl (C=O) groups excluding carboxylic acids is 1. The van der Waals surface area contributed by atoms with Crippen LogP contribution in [-0.2, 0) is 12.4 Å². The van der Waals surface area contributed by atoms with Crippen molar-refractivity contribution >= 4 is 40.6 Å². The van der Waals surface area contributed by atoms with Crippen molar-refractivity contribution in [2.75, 3.05) is 10.6 Å². The minimum absolute atomic E-state index is 0.0737. The van der Waals surface area contributed by atoms with E-state index in [4.69, 9.17) is 23.2 Å². The van der Waals surface area contributed by atoms with Crippen LogP contribution in [0.15, 0.2) is 48.5 Å². The SMILES string of the molecule is O=C(Nc1ccc(-n2nc(C(F)(F)F)cc2C(F)(F)F)cc1)Nc1cc(Cl)cc(Cl)c1. The van der Waals surface area contributed by atoms with E-state index in [-0.39, 0.29) is 37.9 Å². The van der Waals surface area contributed by atoms with Crippen molar-refractivity contribution in [3.63, 3.8) is 0 Å². The first-order valence-corrected chi connectivity index (χ1v) is 8.97. The number of hydrogen-bond acceptors (Lipinski definition) is 2. The Morgan fingerprint density at radius 1 is 0.806 bits per heavy atom. The van der Waals surface area contributed by atoms with E-state index in [1.165, 1.54) is 30.3 Å². The normalized spacial score (nSPS) is 12.0. The zero-order valence-corrected chi connectivity index (χ0v) is 16.5. The lowest BCUT2D eigenvalue weighted by atomic mass is 10.2. The molecule has 0 aliphatic heterocycles. The number of carbonyl (C=O) groups is 1. The lowest BCUT2D eigenvalue weighted by Crippen LogP contribution is -2.19. The zero-order valence-electron chi connectivity index (χ0n) is 14.9. The molecule has 0 unspecified atom stereocenters. The minimum atomic E-state index is -5.06. The first-order chi connectivity index (χ1) is 14.3. The second-order valence-corrected chi connectivity index (χ2v) is 6.98. The van der Waals surface area contributed by atoms with Gasteiger partial charge in [-0.1, -0.05) is 23.2 Å². The molecule has 0 atom stereocenters. The molecule has 13 heteroatoms. The van der Waals surface area contributed by atoms with Gasteiger partial charge in [0.25, 0.3) is 0 Å². The van der Waals surface area contributed by atoms with Crippen LogP contribution in [0.25, 0.3) is 5.69 Å². The smallest absolute Gasteiger partial charge is 0.308 e. The van der Waals surface area contributed by atoms with Gasteiger partial charge in [0, 0.05) is 27.5 Å². The van der Waals surface area contributed by atoms with Crippen LogP contribution in [0.1, 0.15) is 11.4 Å². The van der Waals surface area contributed by atoms with Gasteiger partial charge in [-0.2, -0.15) is 31.4 Å². The number of halogens is 8. The van der Waals surface area contributed by atoms with Crippen molar-refractivity contribution in [3.05, 3.63) is 70.0 Å². The van der Waals surface area contributed by atoms with E-state index in [9.17, 15) is 31.1 Å². The van der Waals surface area contributed by atoms with E-state index < -0.39 is 29.8 Å². The molecule has 0 saturated heterocycles. The fourth-order valence-corrected chi connectivity index (χ4v) is 3.05. The molecule has 2 aromatic carbocycles. The van der Waals surface area contributed by atoms with Crippen molar-refractivity contribution in [2.24, 2.45) is 0 Å². The summed E-state index contributed by atoms with van der Waals surface area (Å²) >= 11 is 11.7. The van der Waals surface area contributed by atoms with Crippen molar-refractivity contribution in [1.29, 1.82) is 0 Å². The molecule has 0 saturated carbocycles. The molecule has 0 spiro atoms. The van der Waals surface area contributed by atoms with E-state index in [1.807, 2.05) is 0 Å². The number of hydrogen-bond donors (Lipinski definition) is 2. The molecule has 3 aromatic rings. The molecule has 2 N–H and O–H groups in total. The molecule has 3 rings (SSSR count). The molecule has 0 aliphatic rings. The van der Waals surface area contributed by atoms with Crippen LogP contribution in [0, 0.1) is 0 Å². The standard InChI is InChI=1S/C18H10Cl2F6N4O/c19-9-5-10(20)7-12(6-9)28-16(31)27-11-1-3-13(4-2-11)30-15(18(24,25)26)8-14(29-30)17(21,22)23/h1-8H,(H2,27,28,31). The number of benzene rings is 2. The van der Waals surface area contributed by atoms with Gasteiger partial charge in [0.05, 0.1) is 5.69 Å². The molecular weight excluding hydrogens is 473 g/mol. The molecule has 1 aromatic heterocycles. The maximum atomic E-state index is 13.1. The van der Waals surface area contributed by atoms with E-state index >= 15 is 0 Å². The van der Waals surface area contributed by atoms with Crippen molar-refractivity contribution in [1.82, 2.24) is 9.78 Å². The molecule has 5 nitrogen and oxygen atoms in total. The first kappa shape index (κ1) is 22.8. The topological polar surface area (TPSA) is 59.0 Å². The molecule has 164 valence electrons. The minimum Gasteiger partial charge on any atom is -0.308 e. The molecular formula is C18H10Cl2F6N4O.